The molecule has 150 valence electrons. The quantitative estimate of drug-likeness (QED) is 0.639. The molecule has 1 aliphatic rings. The summed E-state index contributed by atoms with van der Waals surface area (Å²) >= 11 is 0. The number of rotatable bonds is 7. The molecule has 3 aromatic carbocycles. The molecule has 0 fully saturated rings. The van der Waals surface area contributed by atoms with E-state index < -0.39 is 10.0 Å². The van der Waals surface area contributed by atoms with Gasteiger partial charge < -0.3 is 14.2 Å². The van der Waals surface area contributed by atoms with Gasteiger partial charge >= 0.3 is 0 Å². The van der Waals surface area contributed by atoms with Gasteiger partial charge in [-0.15, -0.1) is 0 Å². The summed E-state index contributed by atoms with van der Waals surface area (Å²) in [4.78, 5) is 0.108. The number of nitrogens with one attached hydrogen (secondary N) is 1. The zero-order valence-electron chi connectivity index (χ0n) is 15.7. The summed E-state index contributed by atoms with van der Waals surface area (Å²) in [6.45, 7) is 1.35. The normalized spacial score (nSPS) is 13.0. The minimum absolute atomic E-state index is 0.108. The Morgan fingerprint density at radius 1 is 0.862 bits per heavy atom. The van der Waals surface area contributed by atoms with Crippen LogP contribution in [0.3, 0.4) is 0 Å². The van der Waals surface area contributed by atoms with E-state index in [-0.39, 0.29) is 4.90 Å². The highest BCUT2D eigenvalue weighted by molar-refractivity contribution is 7.92. The van der Waals surface area contributed by atoms with E-state index in [4.69, 9.17) is 14.2 Å². The standard InChI is InChI=1S/C22H21NO5S/c24-29(25,20-9-10-21-22(16-20)28-14-13-27-21)23-18-7-4-8-19(15-18)26-12-11-17-5-2-1-3-6-17/h1-10,15-16,23H,11-14H2. The monoisotopic (exact) mass is 411 g/mol. The fourth-order valence-electron chi connectivity index (χ4n) is 2.99. The Kier molecular flexibility index (Phi) is 5.57. The van der Waals surface area contributed by atoms with Gasteiger partial charge in [-0.1, -0.05) is 36.4 Å². The molecule has 0 aromatic heterocycles. The molecule has 0 spiro atoms. The van der Waals surface area contributed by atoms with Crippen molar-refractivity contribution < 1.29 is 22.6 Å². The van der Waals surface area contributed by atoms with E-state index in [0.29, 0.717) is 42.8 Å². The first-order chi connectivity index (χ1) is 14.1. The van der Waals surface area contributed by atoms with Crippen molar-refractivity contribution in [3.8, 4) is 17.2 Å². The van der Waals surface area contributed by atoms with Gasteiger partial charge in [-0.2, -0.15) is 0 Å². The van der Waals surface area contributed by atoms with Gasteiger partial charge in [0.05, 0.1) is 17.2 Å². The average molecular weight is 411 g/mol. The van der Waals surface area contributed by atoms with Crippen molar-refractivity contribution in [2.45, 2.75) is 11.3 Å². The summed E-state index contributed by atoms with van der Waals surface area (Å²) < 4.78 is 44.8. The Hall–Kier alpha value is -3.19. The number of hydrogen-bond acceptors (Lipinski definition) is 5. The largest absolute Gasteiger partial charge is 0.493 e. The average Bonchev–Trinajstić information content (AvgIpc) is 2.74. The van der Waals surface area contributed by atoms with Crippen LogP contribution in [0.25, 0.3) is 0 Å². The number of anilines is 1. The summed E-state index contributed by atoms with van der Waals surface area (Å²) in [6.07, 6.45) is 0.772. The molecule has 7 heteroatoms. The van der Waals surface area contributed by atoms with Crippen LogP contribution in [0.4, 0.5) is 5.69 Å². The van der Waals surface area contributed by atoms with Crippen molar-refractivity contribution in [2.75, 3.05) is 24.5 Å². The number of fused-ring (bicyclic) bond motifs is 1. The van der Waals surface area contributed by atoms with Gasteiger partial charge in [-0.05, 0) is 29.8 Å². The van der Waals surface area contributed by atoms with Gasteiger partial charge in [0, 0.05) is 18.6 Å². The third-order valence-electron chi connectivity index (χ3n) is 4.41. The molecule has 0 saturated heterocycles. The van der Waals surface area contributed by atoms with Crippen molar-refractivity contribution >= 4 is 15.7 Å². The topological polar surface area (TPSA) is 73.9 Å². The molecule has 4 rings (SSSR count). The van der Waals surface area contributed by atoms with E-state index in [1.54, 1.807) is 30.3 Å². The molecule has 0 aliphatic carbocycles. The lowest BCUT2D eigenvalue weighted by Gasteiger charge is -2.19. The van der Waals surface area contributed by atoms with Gasteiger partial charge in [0.15, 0.2) is 11.5 Å². The highest BCUT2D eigenvalue weighted by atomic mass is 32.2. The zero-order chi connectivity index (χ0) is 20.1. The summed E-state index contributed by atoms with van der Waals surface area (Å²) in [5.41, 5.74) is 1.61. The predicted octanol–water partition coefficient (Wildman–Crippen LogP) is 3.88. The minimum atomic E-state index is -3.77. The molecule has 0 unspecified atom stereocenters. The van der Waals surface area contributed by atoms with Crippen LogP contribution in [-0.4, -0.2) is 28.2 Å². The van der Waals surface area contributed by atoms with Gasteiger partial charge in [-0.3, -0.25) is 4.72 Å². The lowest BCUT2D eigenvalue weighted by molar-refractivity contribution is 0.171. The van der Waals surface area contributed by atoms with Crippen LogP contribution in [0.1, 0.15) is 5.56 Å². The number of benzene rings is 3. The third kappa shape index (κ3) is 4.81. The zero-order valence-corrected chi connectivity index (χ0v) is 16.5. The van der Waals surface area contributed by atoms with Crippen molar-refractivity contribution in [3.05, 3.63) is 78.4 Å². The van der Waals surface area contributed by atoms with Crippen LogP contribution in [0.5, 0.6) is 17.2 Å². The Morgan fingerprint density at radius 3 is 2.48 bits per heavy atom. The molecule has 0 amide bonds. The Balaban J connectivity index is 1.43. The van der Waals surface area contributed by atoms with Gasteiger partial charge in [0.2, 0.25) is 0 Å². The third-order valence-corrected chi connectivity index (χ3v) is 5.79. The maximum Gasteiger partial charge on any atom is 0.262 e. The molecule has 0 bridgehead atoms. The van der Waals surface area contributed by atoms with Crippen LogP contribution in [0.2, 0.25) is 0 Å². The predicted molar refractivity (Wildman–Crippen MR) is 110 cm³/mol. The summed E-state index contributed by atoms with van der Waals surface area (Å²) in [7, 11) is -3.77. The number of hydrogen-bond donors (Lipinski definition) is 1. The van der Waals surface area contributed by atoms with Crippen molar-refractivity contribution in [3.63, 3.8) is 0 Å². The Bertz CT molecular complexity index is 1080. The lowest BCUT2D eigenvalue weighted by Crippen LogP contribution is -2.17. The lowest BCUT2D eigenvalue weighted by atomic mass is 10.2. The van der Waals surface area contributed by atoms with Crippen LogP contribution in [0, 0.1) is 0 Å². The first kappa shape index (κ1) is 19.1. The van der Waals surface area contributed by atoms with Gasteiger partial charge in [-0.25, -0.2) is 8.42 Å². The van der Waals surface area contributed by atoms with Crippen LogP contribution < -0.4 is 18.9 Å². The van der Waals surface area contributed by atoms with Crippen LogP contribution in [0.15, 0.2) is 77.7 Å². The summed E-state index contributed by atoms with van der Waals surface area (Å²) in [5.74, 6) is 1.57. The molecule has 1 aliphatic heterocycles. The molecule has 3 aromatic rings. The van der Waals surface area contributed by atoms with Crippen molar-refractivity contribution in [2.24, 2.45) is 0 Å². The first-order valence-electron chi connectivity index (χ1n) is 9.29. The first-order valence-corrected chi connectivity index (χ1v) is 10.8. The summed E-state index contributed by atoms with van der Waals surface area (Å²) in [5, 5.41) is 0. The molecule has 0 atom stereocenters. The number of ether oxygens (including phenoxy) is 3. The molecular weight excluding hydrogens is 390 g/mol. The molecule has 6 nitrogen and oxygen atoms in total. The second-order valence-corrected chi connectivity index (χ2v) is 8.21. The maximum atomic E-state index is 12.7. The fourth-order valence-corrected chi connectivity index (χ4v) is 4.05. The van der Waals surface area contributed by atoms with E-state index in [0.717, 1.165) is 6.42 Å². The van der Waals surface area contributed by atoms with E-state index in [9.17, 15) is 8.42 Å². The second kappa shape index (κ2) is 8.45. The highest BCUT2D eigenvalue weighted by Crippen LogP contribution is 2.33. The minimum Gasteiger partial charge on any atom is -0.493 e. The molecular formula is C22H21NO5S. The second-order valence-electron chi connectivity index (χ2n) is 6.52. The Labute approximate surface area is 170 Å². The fraction of sp³-hybridized carbons (Fsp3) is 0.182. The van der Waals surface area contributed by atoms with Gasteiger partial charge in [0.25, 0.3) is 10.0 Å². The number of sulfonamides is 1. The Morgan fingerprint density at radius 2 is 1.66 bits per heavy atom. The SMILES string of the molecule is O=S(=O)(Nc1cccc(OCCc2ccccc2)c1)c1ccc2c(c1)OCCO2. The van der Waals surface area contributed by atoms with Crippen LogP contribution >= 0.6 is 0 Å². The molecule has 1 N–H and O–H groups in total. The van der Waals surface area contributed by atoms with E-state index >= 15 is 0 Å². The maximum absolute atomic E-state index is 12.7. The summed E-state index contributed by atoms with van der Waals surface area (Å²) in [6, 6.07) is 21.5. The molecule has 0 saturated carbocycles. The van der Waals surface area contributed by atoms with Crippen molar-refractivity contribution in [1.82, 2.24) is 0 Å². The molecule has 0 radical (unpaired) electrons. The van der Waals surface area contributed by atoms with Gasteiger partial charge in [0.1, 0.15) is 19.0 Å². The highest BCUT2D eigenvalue weighted by Gasteiger charge is 2.19. The van der Waals surface area contributed by atoms with E-state index in [2.05, 4.69) is 4.72 Å². The molecule has 1 heterocycles. The van der Waals surface area contributed by atoms with Crippen molar-refractivity contribution in [1.29, 1.82) is 0 Å². The molecule has 29 heavy (non-hydrogen) atoms. The van der Waals surface area contributed by atoms with E-state index in [1.165, 1.54) is 17.7 Å². The smallest absolute Gasteiger partial charge is 0.262 e. The van der Waals surface area contributed by atoms with Crippen LogP contribution in [-0.2, 0) is 16.4 Å². The van der Waals surface area contributed by atoms with E-state index in [1.807, 2.05) is 30.3 Å².